The second kappa shape index (κ2) is 4.92. The highest BCUT2D eigenvalue weighted by molar-refractivity contribution is 5.94. The number of hydrogen-bond acceptors (Lipinski definition) is 3. The van der Waals surface area contributed by atoms with Gasteiger partial charge in [0.1, 0.15) is 0 Å². The lowest BCUT2D eigenvalue weighted by Gasteiger charge is -1.99. The molecule has 1 aromatic rings. The molecule has 5 nitrogen and oxygen atoms in total. The van der Waals surface area contributed by atoms with Gasteiger partial charge in [0.2, 0.25) is 0 Å². The van der Waals surface area contributed by atoms with Gasteiger partial charge in [-0.2, -0.15) is 0 Å². The van der Waals surface area contributed by atoms with Crippen LogP contribution in [0.25, 0.3) is 6.08 Å². The highest BCUT2D eigenvalue weighted by atomic mass is 16.4. The maximum absolute atomic E-state index is 11.0. The summed E-state index contributed by atoms with van der Waals surface area (Å²) < 4.78 is 0. The van der Waals surface area contributed by atoms with Gasteiger partial charge in [-0.3, -0.25) is 10.2 Å². The number of nitrogen functional groups attached to an aromatic ring is 1. The summed E-state index contributed by atoms with van der Waals surface area (Å²) in [6.45, 7) is 0. The number of carbonyl (C=O) groups is 2. The first-order valence-corrected chi connectivity index (χ1v) is 4.15. The van der Waals surface area contributed by atoms with Crippen LogP contribution in [0.4, 0.5) is 0 Å². The van der Waals surface area contributed by atoms with Gasteiger partial charge in [-0.15, -0.1) is 0 Å². The van der Waals surface area contributed by atoms with Crippen molar-refractivity contribution in [1.29, 1.82) is 0 Å². The lowest BCUT2D eigenvalue weighted by molar-refractivity contribution is -0.131. The molecule has 0 atom stereocenters. The van der Waals surface area contributed by atoms with Crippen LogP contribution in [0.2, 0.25) is 0 Å². The summed E-state index contributed by atoms with van der Waals surface area (Å²) in [4.78, 5) is 21.3. The SMILES string of the molecule is NNC(=O)c1ccc(C=CC(=O)O)cc1. The van der Waals surface area contributed by atoms with Crippen LogP contribution in [0.5, 0.6) is 0 Å². The summed E-state index contributed by atoms with van der Waals surface area (Å²) in [6.07, 6.45) is 2.46. The zero-order valence-corrected chi connectivity index (χ0v) is 7.81. The fourth-order valence-corrected chi connectivity index (χ4v) is 0.996. The Morgan fingerprint density at radius 2 is 1.87 bits per heavy atom. The molecule has 15 heavy (non-hydrogen) atoms. The second-order valence-corrected chi connectivity index (χ2v) is 2.77. The first-order valence-electron chi connectivity index (χ1n) is 4.15. The topological polar surface area (TPSA) is 92.4 Å². The van der Waals surface area contributed by atoms with E-state index in [-0.39, 0.29) is 5.91 Å². The third kappa shape index (κ3) is 3.24. The van der Waals surface area contributed by atoms with E-state index in [1.807, 2.05) is 5.43 Å². The number of nitrogens with one attached hydrogen (secondary N) is 1. The van der Waals surface area contributed by atoms with Crippen molar-refractivity contribution < 1.29 is 14.7 Å². The van der Waals surface area contributed by atoms with Crippen LogP contribution in [0.1, 0.15) is 15.9 Å². The molecule has 78 valence electrons. The van der Waals surface area contributed by atoms with Gasteiger partial charge in [-0.25, -0.2) is 10.6 Å². The molecule has 0 saturated carbocycles. The Bertz CT molecular complexity index is 396. The molecule has 0 spiro atoms. The Morgan fingerprint density at radius 1 is 1.27 bits per heavy atom. The normalized spacial score (nSPS) is 10.2. The van der Waals surface area contributed by atoms with Gasteiger partial charge >= 0.3 is 5.97 Å². The average molecular weight is 206 g/mol. The van der Waals surface area contributed by atoms with Crippen LogP contribution in [-0.2, 0) is 4.79 Å². The molecule has 0 fully saturated rings. The molecule has 0 radical (unpaired) electrons. The monoisotopic (exact) mass is 206 g/mol. The van der Waals surface area contributed by atoms with Gasteiger partial charge in [0.15, 0.2) is 0 Å². The van der Waals surface area contributed by atoms with Gasteiger partial charge in [-0.05, 0) is 23.8 Å². The molecular formula is C10H10N2O3. The Kier molecular flexibility index (Phi) is 3.59. The van der Waals surface area contributed by atoms with Gasteiger partial charge in [0, 0.05) is 11.6 Å². The first kappa shape index (κ1) is 10.9. The van der Waals surface area contributed by atoms with Crippen molar-refractivity contribution in [3.05, 3.63) is 41.5 Å². The van der Waals surface area contributed by atoms with Crippen LogP contribution < -0.4 is 11.3 Å². The number of amides is 1. The standard InChI is InChI=1S/C10H10N2O3/c11-12-10(15)8-4-1-7(2-5-8)3-6-9(13)14/h1-6H,11H2,(H,12,15)(H,13,14). The van der Waals surface area contributed by atoms with Crippen molar-refractivity contribution >= 4 is 18.0 Å². The third-order valence-electron chi connectivity index (χ3n) is 1.72. The van der Waals surface area contributed by atoms with Crippen LogP contribution >= 0.6 is 0 Å². The van der Waals surface area contributed by atoms with E-state index in [2.05, 4.69) is 0 Å². The van der Waals surface area contributed by atoms with E-state index in [0.29, 0.717) is 11.1 Å². The minimum absolute atomic E-state index is 0.385. The molecule has 1 amide bonds. The number of aliphatic carboxylic acids is 1. The summed E-state index contributed by atoms with van der Waals surface area (Å²) >= 11 is 0. The van der Waals surface area contributed by atoms with Gasteiger partial charge in [-0.1, -0.05) is 12.1 Å². The second-order valence-electron chi connectivity index (χ2n) is 2.77. The molecule has 0 aliphatic carbocycles. The Balaban J connectivity index is 2.81. The van der Waals surface area contributed by atoms with E-state index in [0.717, 1.165) is 6.08 Å². The number of rotatable bonds is 3. The predicted molar refractivity (Wildman–Crippen MR) is 54.8 cm³/mol. The molecular weight excluding hydrogens is 196 g/mol. The summed E-state index contributed by atoms with van der Waals surface area (Å²) in [5.41, 5.74) is 3.12. The van der Waals surface area contributed by atoms with Gasteiger partial charge in [0.05, 0.1) is 0 Å². The summed E-state index contributed by atoms with van der Waals surface area (Å²) in [5, 5.41) is 8.39. The zero-order chi connectivity index (χ0) is 11.3. The number of benzene rings is 1. The van der Waals surface area contributed by atoms with Crippen molar-refractivity contribution in [2.24, 2.45) is 5.84 Å². The highest BCUT2D eigenvalue weighted by Gasteiger charge is 2.01. The summed E-state index contributed by atoms with van der Waals surface area (Å²) in [5.74, 6) is 3.55. The number of carboxylic acids is 1. The maximum Gasteiger partial charge on any atom is 0.328 e. The summed E-state index contributed by atoms with van der Waals surface area (Å²) in [6, 6.07) is 6.38. The van der Waals surface area contributed by atoms with Crippen molar-refractivity contribution in [2.45, 2.75) is 0 Å². The van der Waals surface area contributed by atoms with Crippen LogP contribution in [0.15, 0.2) is 30.3 Å². The zero-order valence-electron chi connectivity index (χ0n) is 7.81. The molecule has 0 aromatic heterocycles. The largest absolute Gasteiger partial charge is 0.478 e. The van der Waals surface area contributed by atoms with E-state index in [1.54, 1.807) is 24.3 Å². The number of hydrazine groups is 1. The minimum atomic E-state index is -1.02. The van der Waals surface area contributed by atoms with Gasteiger partial charge in [0.25, 0.3) is 5.91 Å². The lowest BCUT2D eigenvalue weighted by atomic mass is 10.1. The van der Waals surface area contributed by atoms with E-state index in [9.17, 15) is 9.59 Å². The molecule has 0 aliphatic rings. The predicted octanol–water partition coefficient (Wildman–Crippen LogP) is 0.388. The van der Waals surface area contributed by atoms with Crippen molar-refractivity contribution in [1.82, 2.24) is 5.43 Å². The molecule has 0 saturated heterocycles. The Morgan fingerprint density at radius 3 is 2.33 bits per heavy atom. The number of carboxylic acid groups (broad SMARTS) is 1. The van der Waals surface area contributed by atoms with Gasteiger partial charge < -0.3 is 5.11 Å². The molecule has 1 aromatic carbocycles. The first-order chi connectivity index (χ1) is 7.13. The van der Waals surface area contributed by atoms with E-state index < -0.39 is 5.97 Å². The van der Waals surface area contributed by atoms with Crippen molar-refractivity contribution in [2.75, 3.05) is 0 Å². The fourth-order valence-electron chi connectivity index (χ4n) is 0.996. The molecule has 4 N–H and O–H groups in total. The Labute approximate surface area is 86.2 Å². The fraction of sp³-hybridized carbons (Fsp3) is 0. The third-order valence-corrected chi connectivity index (χ3v) is 1.72. The Hall–Kier alpha value is -2.14. The highest BCUT2D eigenvalue weighted by Crippen LogP contribution is 2.05. The smallest absolute Gasteiger partial charge is 0.328 e. The molecule has 0 unspecified atom stereocenters. The van der Waals surface area contributed by atoms with Crippen molar-refractivity contribution in [3.8, 4) is 0 Å². The minimum Gasteiger partial charge on any atom is -0.478 e. The van der Waals surface area contributed by atoms with E-state index >= 15 is 0 Å². The lowest BCUT2D eigenvalue weighted by Crippen LogP contribution is -2.29. The average Bonchev–Trinajstić information content (AvgIpc) is 2.26. The maximum atomic E-state index is 11.0. The molecule has 0 heterocycles. The van der Waals surface area contributed by atoms with Crippen LogP contribution in [0, 0.1) is 0 Å². The molecule has 0 aliphatic heterocycles. The number of carbonyl (C=O) groups excluding carboxylic acids is 1. The van der Waals surface area contributed by atoms with E-state index in [1.165, 1.54) is 6.08 Å². The number of nitrogens with two attached hydrogens (primary N) is 1. The van der Waals surface area contributed by atoms with Crippen LogP contribution in [-0.4, -0.2) is 17.0 Å². The molecule has 0 bridgehead atoms. The summed E-state index contributed by atoms with van der Waals surface area (Å²) in [7, 11) is 0. The molecule has 5 heteroatoms. The van der Waals surface area contributed by atoms with E-state index in [4.69, 9.17) is 10.9 Å². The molecule has 1 rings (SSSR count). The number of hydrogen-bond donors (Lipinski definition) is 3. The van der Waals surface area contributed by atoms with Crippen molar-refractivity contribution in [3.63, 3.8) is 0 Å². The quantitative estimate of drug-likeness (QED) is 0.288. The van der Waals surface area contributed by atoms with Crippen LogP contribution in [0.3, 0.4) is 0 Å².